The predicted molar refractivity (Wildman–Crippen MR) is 277 cm³/mol. The highest BCUT2D eigenvalue weighted by Gasteiger charge is 2.47. The highest BCUT2D eigenvalue weighted by Crippen LogP contribution is 2.27. The maximum atomic E-state index is 14.4. The lowest BCUT2D eigenvalue weighted by atomic mass is 10.1. The third-order valence-corrected chi connectivity index (χ3v) is 13.2. The van der Waals surface area contributed by atoms with Gasteiger partial charge in [-0.3, -0.25) is 28.8 Å². The van der Waals surface area contributed by atoms with E-state index in [0.717, 1.165) is 10.5 Å². The molecule has 4 N–H and O–H groups in total. The first-order valence-electron chi connectivity index (χ1n) is 24.6. The van der Waals surface area contributed by atoms with E-state index in [0.29, 0.717) is 34.6 Å². The van der Waals surface area contributed by atoms with E-state index in [2.05, 4.69) is 39.6 Å². The van der Waals surface area contributed by atoms with Gasteiger partial charge < -0.3 is 50.3 Å². The second kappa shape index (κ2) is 31.6. The summed E-state index contributed by atoms with van der Waals surface area (Å²) < 4.78 is 88.8. The molecule has 2 saturated heterocycles. The SMILES string of the molecule is CN[C@@H](C)C(=O)N[C@H](C(=O)N1CCC[C@H]1CN(CCc1ccccc1)C(=O)C(F)(F)F)[C@@H](C)OCC#CC#CCN(C(=O)[C@H](C)NC)[C@H](C(=O)N1CCC[C@H]1CN(CCc1ccccc1)C(=O)C(F)(F)F)[C@@H](C)O.Cl.Cl. The summed E-state index contributed by atoms with van der Waals surface area (Å²) in [6.45, 7) is 4.02. The van der Waals surface area contributed by atoms with E-state index in [4.69, 9.17) is 4.74 Å². The third kappa shape index (κ3) is 19.4. The van der Waals surface area contributed by atoms with Gasteiger partial charge in [0.2, 0.25) is 23.6 Å². The van der Waals surface area contributed by atoms with Crippen LogP contribution in [0.2, 0.25) is 0 Å². The van der Waals surface area contributed by atoms with Gasteiger partial charge in [-0.15, -0.1) is 24.8 Å². The molecule has 0 spiro atoms. The number of carbonyl (C=O) groups is 6. The Hall–Kier alpha value is -5.62. The Morgan fingerprint density at radius 3 is 1.58 bits per heavy atom. The number of aliphatic hydroxyl groups excluding tert-OH is 1. The van der Waals surface area contributed by atoms with Crippen LogP contribution in [0, 0.1) is 23.7 Å². The average molecular weight is 1120 g/mol. The Morgan fingerprint density at radius 2 is 1.14 bits per heavy atom. The normalized spacial score (nSPS) is 17.6. The van der Waals surface area contributed by atoms with Crippen molar-refractivity contribution in [1.29, 1.82) is 0 Å². The summed E-state index contributed by atoms with van der Waals surface area (Å²) in [6, 6.07) is 11.2. The number of likely N-dealkylation sites (tertiary alicyclic amines) is 2. The standard InChI is InChI=1S/C52H68F6N8O8.2ClH/c1-35(59-5)45(68)61-43(47(70)64-28-17-23-41(64)33-62(49(72)51(53,54)55)30-25-39-19-11-9-12-20-39)38(4)74-32-16-8-7-15-27-66(46(69)36(2)60-6)44(37(3)67)48(71)65-29-18-24-42(65)34-63(50(73)52(56,57)58)31-26-40-21-13-10-14-22-40;;/h9-14,19-22,35-38,41-44,59-60,67H,17-18,23-34H2,1-6H3,(H,61,68);2*1H/t35-,36-,37+,38+,41-,42-,43-,44-;;/m0../s1. The van der Waals surface area contributed by atoms with E-state index in [1.54, 1.807) is 67.6 Å². The molecule has 16 nitrogen and oxygen atoms in total. The summed E-state index contributed by atoms with van der Waals surface area (Å²) in [5.41, 5.74) is 1.43. The Kier molecular flexibility index (Phi) is 27.6. The summed E-state index contributed by atoms with van der Waals surface area (Å²) in [6.07, 6.45) is -11.2. The monoisotopic (exact) mass is 1120 g/mol. The van der Waals surface area contributed by atoms with Crippen molar-refractivity contribution < 1.29 is 65.0 Å². The summed E-state index contributed by atoms with van der Waals surface area (Å²) in [5, 5.41) is 19.3. The minimum atomic E-state index is -5.17. The average Bonchev–Trinajstić information content (AvgIpc) is 4.05. The molecular formula is C52H70Cl2F6N8O8. The van der Waals surface area contributed by atoms with Gasteiger partial charge in [0.1, 0.15) is 18.7 Å². The molecule has 2 aromatic carbocycles. The fraction of sp³-hybridized carbons (Fsp3) is 0.577. The Balaban J connectivity index is 0.00000988. The smallest absolute Gasteiger partial charge is 0.391 e. The lowest BCUT2D eigenvalue weighted by molar-refractivity contribution is -0.186. The molecule has 8 atom stereocenters. The van der Waals surface area contributed by atoms with Crippen molar-refractivity contribution in [2.45, 2.75) is 127 Å². The Morgan fingerprint density at radius 1 is 0.697 bits per heavy atom. The number of alkyl halides is 6. The van der Waals surface area contributed by atoms with Crippen molar-refractivity contribution in [2.75, 3.05) is 66.5 Å². The van der Waals surface area contributed by atoms with Crippen LogP contribution in [0.15, 0.2) is 60.7 Å². The quantitative estimate of drug-likeness (QED) is 0.0945. The number of aliphatic hydroxyl groups is 1. The molecule has 2 fully saturated rings. The number of hydrogen-bond acceptors (Lipinski definition) is 10. The van der Waals surface area contributed by atoms with Crippen molar-refractivity contribution in [1.82, 2.24) is 40.4 Å². The molecule has 2 aromatic rings. The molecule has 24 heteroatoms. The fourth-order valence-electron chi connectivity index (χ4n) is 8.81. The molecule has 2 heterocycles. The maximum absolute atomic E-state index is 14.4. The molecular weight excluding hydrogens is 1050 g/mol. The lowest BCUT2D eigenvalue weighted by Crippen LogP contribution is -2.60. The van der Waals surface area contributed by atoms with Crippen LogP contribution in [0.25, 0.3) is 0 Å². The number of amides is 6. The Labute approximate surface area is 453 Å². The van der Waals surface area contributed by atoms with Gasteiger partial charge in [0.05, 0.1) is 30.8 Å². The number of ether oxygens (including phenoxy) is 1. The molecule has 0 bridgehead atoms. The zero-order valence-electron chi connectivity index (χ0n) is 43.4. The number of nitrogens with one attached hydrogen (secondary N) is 3. The zero-order valence-corrected chi connectivity index (χ0v) is 45.1. The lowest BCUT2D eigenvalue weighted by Gasteiger charge is -2.38. The molecule has 0 aromatic heterocycles. The molecule has 0 unspecified atom stereocenters. The molecule has 422 valence electrons. The van der Waals surface area contributed by atoms with Crippen LogP contribution in [-0.2, 0) is 46.3 Å². The van der Waals surface area contributed by atoms with Crippen molar-refractivity contribution in [3.8, 4) is 23.7 Å². The number of nitrogens with zero attached hydrogens (tertiary/aromatic N) is 5. The van der Waals surface area contributed by atoms with Gasteiger partial charge in [0, 0.05) is 51.4 Å². The van der Waals surface area contributed by atoms with Crippen molar-refractivity contribution in [3.05, 3.63) is 71.8 Å². The molecule has 2 aliphatic rings. The summed E-state index contributed by atoms with van der Waals surface area (Å²) in [7, 11) is 3.04. The second-order valence-electron chi connectivity index (χ2n) is 18.4. The molecule has 76 heavy (non-hydrogen) atoms. The van der Waals surface area contributed by atoms with Gasteiger partial charge in [0.15, 0.2) is 0 Å². The van der Waals surface area contributed by atoms with Crippen LogP contribution in [0.3, 0.4) is 0 Å². The minimum Gasteiger partial charge on any atom is -0.391 e. The van der Waals surface area contributed by atoms with Gasteiger partial charge in [-0.05, 0) is 103 Å². The van der Waals surface area contributed by atoms with E-state index in [1.165, 1.54) is 44.7 Å². The second-order valence-corrected chi connectivity index (χ2v) is 18.4. The van der Waals surface area contributed by atoms with Crippen LogP contribution in [0.4, 0.5) is 26.3 Å². The van der Waals surface area contributed by atoms with Gasteiger partial charge in [-0.2, -0.15) is 26.3 Å². The van der Waals surface area contributed by atoms with Crippen LogP contribution in [0.1, 0.15) is 64.5 Å². The number of halogens is 8. The van der Waals surface area contributed by atoms with E-state index in [-0.39, 0.29) is 76.9 Å². The highest BCUT2D eigenvalue weighted by molar-refractivity contribution is 5.92. The number of carbonyl (C=O) groups excluding carboxylic acids is 6. The summed E-state index contributed by atoms with van der Waals surface area (Å²) in [5.74, 6) is 3.90. The van der Waals surface area contributed by atoms with Crippen molar-refractivity contribution in [3.63, 3.8) is 0 Å². The highest BCUT2D eigenvalue weighted by atomic mass is 35.5. The molecule has 6 amide bonds. The van der Waals surface area contributed by atoms with Crippen LogP contribution in [-0.4, -0.2) is 192 Å². The molecule has 2 aliphatic heterocycles. The van der Waals surface area contributed by atoms with Gasteiger partial charge in [-0.1, -0.05) is 72.5 Å². The molecule has 0 radical (unpaired) electrons. The molecule has 0 aliphatic carbocycles. The van der Waals surface area contributed by atoms with Gasteiger partial charge in [-0.25, -0.2) is 0 Å². The maximum Gasteiger partial charge on any atom is 0.471 e. The van der Waals surface area contributed by atoms with Crippen molar-refractivity contribution in [2.24, 2.45) is 0 Å². The fourth-order valence-corrected chi connectivity index (χ4v) is 8.81. The van der Waals surface area contributed by atoms with Crippen molar-refractivity contribution >= 4 is 60.3 Å². The summed E-state index contributed by atoms with van der Waals surface area (Å²) in [4.78, 5) is 85.9. The topological polar surface area (TPSA) is 184 Å². The van der Waals surface area contributed by atoms with Crippen LogP contribution in [0.5, 0.6) is 0 Å². The first-order chi connectivity index (χ1) is 35.0. The molecule has 0 saturated carbocycles. The van der Waals surface area contributed by atoms with Crippen LogP contribution >= 0.6 is 24.8 Å². The van der Waals surface area contributed by atoms with Gasteiger partial charge >= 0.3 is 24.2 Å². The van der Waals surface area contributed by atoms with E-state index >= 15 is 0 Å². The first-order valence-corrected chi connectivity index (χ1v) is 24.6. The number of benzene rings is 2. The molecule has 4 rings (SSSR count). The summed E-state index contributed by atoms with van der Waals surface area (Å²) >= 11 is 0. The third-order valence-electron chi connectivity index (χ3n) is 13.2. The van der Waals surface area contributed by atoms with E-state index in [9.17, 15) is 60.2 Å². The zero-order chi connectivity index (χ0) is 54.8. The predicted octanol–water partition coefficient (Wildman–Crippen LogP) is 3.77. The van der Waals surface area contributed by atoms with E-state index in [1.807, 2.05) is 0 Å². The van der Waals surface area contributed by atoms with Gasteiger partial charge in [0.25, 0.3) is 0 Å². The Bertz CT molecular complexity index is 2330. The van der Waals surface area contributed by atoms with Crippen LogP contribution < -0.4 is 16.0 Å². The van der Waals surface area contributed by atoms with E-state index < -0.39 is 116 Å². The first kappa shape index (κ1) is 66.5. The largest absolute Gasteiger partial charge is 0.471 e. The number of likely N-dealkylation sites (N-methyl/N-ethyl adjacent to an activating group) is 2. The minimum absolute atomic E-state index is 0. The number of rotatable bonds is 23. The number of hydrogen-bond donors (Lipinski definition) is 4.